The molecule has 21 heavy (non-hydrogen) atoms. The zero-order valence-electron chi connectivity index (χ0n) is 11.0. The van der Waals surface area contributed by atoms with Crippen LogP contribution in [-0.2, 0) is 0 Å². The number of nitro groups is 1. The molecule has 0 spiro atoms. The van der Waals surface area contributed by atoms with E-state index in [4.69, 9.17) is 14.6 Å². The molecule has 0 fully saturated rings. The maximum Gasteiger partial charge on any atom is 0.335 e. The first-order chi connectivity index (χ1) is 10.0. The van der Waals surface area contributed by atoms with E-state index < -0.39 is 16.6 Å². The van der Waals surface area contributed by atoms with E-state index in [1.807, 2.05) is 0 Å². The van der Waals surface area contributed by atoms with Crippen LogP contribution in [0.15, 0.2) is 42.5 Å². The van der Waals surface area contributed by atoms with Crippen molar-refractivity contribution >= 4 is 11.7 Å². The number of hydrogen-bond acceptors (Lipinski definition) is 5. The summed E-state index contributed by atoms with van der Waals surface area (Å²) in [5.41, 5.74) is -0.616. The summed E-state index contributed by atoms with van der Waals surface area (Å²) < 4.78 is 10.6. The fourth-order valence-corrected chi connectivity index (χ4v) is 1.70. The SMILES string of the molecule is COc1ccccc1Oc1ccc(C(=O)O)cc1[N+](=O)[O-]. The van der Waals surface area contributed by atoms with Crippen LogP contribution in [-0.4, -0.2) is 23.1 Å². The Labute approximate surface area is 119 Å². The number of nitrogens with zero attached hydrogens (tertiary/aromatic N) is 1. The minimum Gasteiger partial charge on any atom is -0.493 e. The highest BCUT2D eigenvalue weighted by Gasteiger charge is 2.20. The molecule has 0 aromatic heterocycles. The lowest BCUT2D eigenvalue weighted by Gasteiger charge is -2.10. The third-order valence-corrected chi connectivity index (χ3v) is 2.69. The highest BCUT2D eigenvalue weighted by molar-refractivity contribution is 5.88. The van der Waals surface area contributed by atoms with Crippen LogP contribution in [0.3, 0.4) is 0 Å². The third-order valence-electron chi connectivity index (χ3n) is 2.69. The van der Waals surface area contributed by atoms with Crippen LogP contribution < -0.4 is 9.47 Å². The van der Waals surface area contributed by atoms with Gasteiger partial charge in [-0.2, -0.15) is 0 Å². The summed E-state index contributed by atoms with van der Waals surface area (Å²) in [5, 5.41) is 19.9. The Bertz CT molecular complexity index is 698. The monoisotopic (exact) mass is 289 g/mol. The number of carboxylic acids is 1. The zero-order chi connectivity index (χ0) is 15.4. The Balaban J connectivity index is 2.44. The molecule has 0 aliphatic carbocycles. The lowest BCUT2D eigenvalue weighted by molar-refractivity contribution is -0.385. The van der Waals surface area contributed by atoms with Crippen molar-refractivity contribution in [2.75, 3.05) is 7.11 Å². The molecular formula is C14H11NO6. The first-order valence-corrected chi connectivity index (χ1v) is 5.85. The summed E-state index contributed by atoms with van der Waals surface area (Å²) in [7, 11) is 1.45. The maximum absolute atomic E-state index is 11.0. The van der Waals surface area contributed by atoms with E-state index in [1.54, 1.807) is 24.3 Å². The molecule has 0 atom stereocenters. The summed E-state index contributed by atoms with van der Waals surface area (Å²) >= 11 is 0. The van der Waals surface area contributed by atoms with Gasteiger partial charge in [-0.3, -0.25) is 10.1 Å². The Morgan fingerprint density at radius 1 is 1.14 bits per heavy atom. The van der Waals surface area contributed by atoms with Crippen LogP contribution in [0, 0.1) is 10.1 Å². The van der Waals surface area contributed by atoms with Gasteiger partial charge in [0.1, 0.15) is 0 Å². The van der Waals surface area contributed by atoms with Crippen molar-refractivity contribution < 1.29 is 24.3 Å². The van der Waals surface area contributed by atoms with E-state index in [2.05, 4.69) is 0 Å². The van der Waals surface area contributed by atoms with Gasteiger partial charge in [0.25, 0.3) is 0 Å². The molecule has 0 radical (unpaired) electrons. The standard InChI is InChI=1S/C14H11NO6/c1-20-12-4-2-3-5-13(12)21-11-7-6-9(14(16)17)8-10(11)15(18)19/h2-8H,1H3,(H,16,17). The van der Waals surface area contributed by atoms with Crippen LogP contribution in [0.2, 0.25) is 0 Å². The molecule has 0 saturated heterocycles. The van der Waals surface area contributed by atoms with Gasteiger partial charge >= 0.3 is 11.7 Å². The van der Waals surface area contributed by atoms with Crippen molar-refractivity contribution in [1.82, 2.24) is 0 Å². The number of aromatic carboxylic acids is 1. The van der Waals surface area contributed by atoms with Crippen molar-refractivity contribution in [3.05, 3.63) is 58.1 Å². The second-order valence-electron chi connectivity index (χ2n) is 4.00. The number of carboxylic acid groups (broad SMARTS) is 1. The Morgan fingerprint density at radius 3 is 2.38 bits per heavy atom. The number of methoxy groups -OCH3 is 1. The average Bonchev–Trinajstić information content (AvgIpc) is 2.47. The predicted molar refractivity (Wildman–Crippen MR) is 73.1 cm³/mol. The van der Waals surface area contributed by atoms with Crippen LogP contribution in [0.1, 0.15) is 10.4 Å². The molecule has 2 aromatic rings. The Morgan fingerprint density at radius 2 is 1.81 bits per heavy atom. The van der Waals surface area contributed by atoms with E-state index >= 15 is 0 Å². The molecule has 0 bridgehead atoms. The Hall–Kier alpha value is -3.09. The molecule has 0 aliphatic heterocycles. The Kier molecular flexibility index (Phi) is 4.03. The zero-order valence-corrected chi connectivity index (χ0v) is 11.0. The highest BCUT2D eigenvalue weighted by atomic mass is 16.6. The summed E-state index contributed by atoms with van der Waals surface area (Å²) in [6.45, 7) is 0. The van der Waals surface area contributed by atoms with Crippen LogP contribution >= 0.6 is 0 Å². The van der Waals surface area contributed by atoms with E-state index in [0.29, 0.717) is 11.5 Å². The molecule has 0 unspecified atom stereocenters. The van der Waals surface area contributed by atoms with Crippen molar-refractivity contribution in [3.8, 4) is 17.2 Å². The van der Waals surface area contributed by atoms with Gasteiger partial charge < -0.3 is 14.6 Å². The molecule has 2 rings (SSSR count). The molecule has 0 saturated carbocycles. The second kappa shape index (κ2) is 5.91. The van der Waals surface area contributed by atoms with Crippen molar-refractivity contribution in [1.29, 1.82) is 0 Å². The van der Waals surface area contributed by atoms with E-state index in [-0.39, 0.29) is 11.3 Å². The smallest absolute Gasteiger partial charge is 0.335 e. The number of ether oxygens (including phenoxy) is 2. The molecule has 2 aromatic carbocycles. The van der Waals surface area contributed by atoms with Gasteiger partial charge in [0.15, 0.2) is 11.5 Å². The molecular weight excluding hydrogens is 278 g/mol. The lowest BCUT2D eigenvalue weighted by Crippen LogP contribution is -2.00. The van der Waals surface area contributed by atoms with Crippen LogP contribution in [0.25, 0.3) is 0 Å². The summed E-state index contributed by atoms with van der Waals surface area (Å²) in [5.74, 6) is -0.600. The number of benzene rings is 2. The number of nitro benzene ring substituents is 1. The van der Waals surface area contributed by atoms with Gasteiger partial charge in [-0.1, -0.05) is 12.1 Å². The lowest BCUT2D eigenvalue weighted by atomic mass is 10.2. The number of para-hydroxylation sites is 2. The average molecular weight is 289 g/mol. The molecule has 7 nitrogen and oxygen atoms in total. The number of rotatable bonds is 5. The molecule has 1 N–H and O–H groups in total. The fraction of sp³-hybridized carbons (Fsp3) is 0.0714. The topological polar surface area (TPSA) is 98.9 Å². The number of carbonyl (C=O) groups is 1. The van der Waals surface area contributed by atoms with Crippen LogP contribution in [0.4, 0.5) is 5.69 Å². The second-order valence-corrected chi connectivity index (χ2v) is 4.00. The molecule has 0 amide bonds. The van der Waals surface area contributed by atoms with Gasteiger partial charge in [-0.05, 0) is 24.3 Å². The predicted octanol–water partition coefficient (Wildman–Crippen LogP) is 3.09. The van der Waals surface area contributed by atoms with Crippen molar-refractivity contribution in [3.63, 3.8) is 0 Å². The number of hydrogen-bond donors (Lipinski definition) is 1. The van der Waals surface area contributed by atoms with Gasteiger partial charge in [0.2, 0.25) is 5.75 Å². The highest BCUT2D eigenvalue weighted by Crippen LogP contribution is 2.36. The van der Waals surface area contributed by atoms with Gasteiger partial charge in [0, 0.05) is 6.07 Å². The molecule has 108 valence electrons. The van der Waals surface area contributed by atoms with Crippen molar-refractivity contribution in [2.24, 2.45) is 0 Å². The first kappa shape index (κ1) is 14.3. The van der Waals surface area contributed by atoms with E-state index in [0.717, 1.165) is 6.07 Å². The van der Waals surface area contributed by atoms with E-state index in [9.17, 15) is 14.9 Å². The van der Waals surface area contributed by atoms with Gasteiger partial charge in [-0.15, -0.1) is 0 Å². The molecule has 0 heterocycles. The summed E-state index contributed by atoms with van der Waals surface area (Å²) in [6, 6.07) is 10.1. The van der Waals surface area contributed by atoms with Gasteiger partial charge in [0.05, 0.1) is 17.6 Å². The molecule has 0 aliphatic rings. The first-order valence-electron chi connectivity index (χ1n) is 5.85. The fourth-order valence-electron chi connectivity index (χ4n) is 1.70. The normalized spacial score (nSPS) is 9.95. The maximum atomic E-state index is 11.0. The third kappa shape index (κ3) is 3.08. The largest absolute Gasteiger partial charge is 0.493 e. The summed E-state index contributed by atoms with van der Waals surface area (Å²) in [4.78, 5) is 21.2. The van der Waals surface area contributed by atoms with Crippen molar-refractivity contribution in [2.45, 2.75) is 0 Å². The van der Waals surface area contributed by atoms with Crippen LogP contribution in [0.5, 0.6) is 17.2 Å². The quantitative estimate of drug-likeness (QED) is 0.670. The molecule has 7 heteroatoms. The minimum absolute atomic E-state index is 0.0606. The van der Waals surface area contributed by atoms with Gasteiger partial charge in [-0.25, -0.2) is 4.79 Å². The summed E-state index contributed by atoms with van der Waals surface area (Å²) in [6.07, 6.45) is 0. The van der Waals surface area contributed by atoms with E-state index in [1.165, 1.54) is 19.2 Å². The minimum atomic E-state index is -1.25.